The second kappa shape index (κ2) is 34.8. The number of carbonyl (C=O) groups excluding carboxylic acids is 8. The molecule has 4 unspecified atom stereocenters. The first-order valence-electron chi connectivity index (χ1n) is 27.6. The molecule has 28 heteroatoms. The zero-order valence-corrected chi connectivity index (χ0v) is 50.7. The zero-order chi connectivity index (χ0) is 63.0. The molecule has 0 spiro atoms. The Morgan fingerprint density at radius 3 is 0.988 bits per heavy atom. The molecule has 4 saturated heterocycles. The number of piperidine rings is 4. The number of benzene rings is 4. The number of ether oxygens (including phenoxy) is 4. The highest BCUT2D eigenvalue weighted by Crippen LogP contribution is 2.30. The van der Waals surface area contributed by atoms with Gasteiger partial charge in [-0.2, -0.15) is 0 Å². The van der Waals surface area contributed by atoms with E-state index in [0.717, 1.165) is 0 Å². The number of likely N-dealkylation sites (tertiary alicyclic amines) is 4. The van der Waals surface area contributed by atoms with E-state index in [9.17, 15) is 55.9 Å². The van der Waals surface area contributed by atoms with Gasteiger partial charge in [0.05, 0.1) is 93.9 Å². The van der Waals surface area contributed by atoms with Crippen LogP contribution in [0.3, 0.4) is 0 Å². The van der Waals surface area contributed by atoms with E-state index in [1.165, 1.54) is 94.5 Å². The predicted octanol–water partition coefficient (Wildman–Crippen LogP) is 12.4. The van der Waals surface area contributed by atoms with Gasteiger partial charge in [0, 0.05) is 52.4 Å². The molecule has 0 aromatic heterocycles. The van der Waals surface area contributed by atoms with Crippen molar-refractivity contribution in [3.8, 4) is 0 Å². The molecule has 4 atom stereocenters. The molecule has 0 saturated carbocycles. The number of nitrogens with zero attached hydrogens (tertiary/aromatic N) is 4. The molecule has 4 heterocycles. The van der Waals surface area contributed by atoms with E-state index in [4.69, 9.17) is 55.9 Å². The van der Waals surface area contributed by atoms with Crippen LogP contribution < -0.4 is 21.3 Å². The van der Waals surface area contributed by atoms with Crippen LogP contribution in [0.5, 0.6) is 0 Å². The third-order valence-corrected chi connectivity index (χ3v) is 15.3. The molecule has 20 nitrogen and oxygen atoms in total. The molecule has 4 fully saturated rings. The number of carbonyl (C=O) groups is 8. The summed E-state index contributed by atoms with van der Waals surface area (Å²) in [7, 11) is 2.60. The average Bonchev–Trinajstić information content (AvgIpc) is 3.72. The van der Waals surface area contributed by atoms with Crippen molar-refractivity contribution in [3.05, 3.63) is 116 Å². The van der Waals surface area contributed by atoms with E-state index in [1.807, 2.05) is 0 Å². The molecule has 0 bridgehead atoms. The summed E-state index contributed by atoms with van der Waals surface area (Å²) < 4.78 is 73.5. The summed E-state index contributed by atoms with van der Waals surface area (Å²) in [5.41, 5.74) is 0.560. The lowest BCUT2D eigenvalue weighted by Gasteiger charge is -2.31. The first kappa shape index (κ1) is 69.5. The van der Waals surface area contributed by atoms with Gasteiger partial charge in [-0.3, -0.25) is 19.2 Å². The van der Waals surface area contributed by atoms with Gasteiger partial charge in [0.2, 0.25) is 23.6 Å². The molecule has 0 aliphatic carbocycles. The van der Waals surface area contributed by atoms with Gasteiger partial charge in [0.1, 0.15) is 11.6 Å². The van der Waals surface area contributed by atoms with Crippen molar-refractivity contribution < 1.29 is 74.9 Å². The van der Waals surface area contributed by atoms with Crippen molar-refractivity contribution in [1.29, 1.82) is 0 Å². The van der Waals surface area contributed by atoms with E-state index in [1.54, 1.807) is 26.0 Å². The van der Waals surface area contributed by atoms with Gasteiger partial charge in [-0.05, 0) is 114 Å². The second-order valence-corrected chi connectivity index (χ2v) is 21.4. The van der Waals surface area contributed by atoms with Crippen LogP contribution >= 0.6 is 46.4 Å². The summed E-state index contributed by atoms with van der Waals surface area (Å²) in [5, 5.41) is 9.96. The van der Waals surface area contributed by atoms with Gasteiger partial charge in [0.25, 0.3) is 0 Å². The topological polar surface area (TPSA) is 235 Å². The molecule has 4 N–H and O–H groups in total. The summed E-state index contributed by atoms with van der Waals surface area (Å²) in [5.74, 6) is -5.21. The van der Waals surface area contributed by atoms with E-state index in [0.29, 0.717) is 90.8 Å². The van der Waals surface area contributed by atoms with Crippen molar-refractivity contribution in [1.82, 2.24) is 19.6 Å². The lowest BCUT2D eigenvalue weighted by molar-refractivity contribution is -0.122. The Bertz CT molecular complexity index is 2830. The molecular weight excluding hydrogens is 1220 g/mol. The molecule has 4 aromatic rings. The maximum Gasteiger partial charge on any atom is 0.409 e. The van der Waals surface area contributed by atoms with Gasteiger partial charge >= 0.3 is 24.4 Å². The maximum absolute atomic E-state index is 13.8. The van der Waals surface area contributed by atoms with Crippen molar-refractivity contribution in [3.63, 3.8) is 0 Å². The Hall–Kier alpha value is -7.28. The Kier molecular flexibility index (Phi) is 28.1. The minimum absolute atomic E-state index is 0.0442. The van der Waals surface area contributed by atoms with Crippen LogP contribution in [0.2, 0.25) is 20.1 Å². The predicted molar refractivity (Wildman–Crippen MR) is 316 cm³/mol. The highest BCUT2D eigenvalue weighted by molar-refractivity contribution is 6.34. The molecular formula is C58H68Cl4F4N8O12. The largest absolute Gasteiger partial charge is 0.453 e. The van der Waals surface area contributed by atoms with Crippen LogP contribution in [0.25, 0.3) is 0 Å². The first-order valence-corrected chi connectivity index (χ1v) is 29.1. The van der Waals surface area contributed by atoms with Gasteiger partial charge in [0.15, 0.2) is 11.6 Å². The van der Waals surface area contributed by atoms with Crippen LogP contribution in [-0.4, -0.2) is 147 Å². The molecule has 8 rings (SSSR count). The number of halogens is 8. The van der Waals surface area contributed by atoms with Crippen molar-refractivity contribution in [2.45, 2.75) is 65.2 Å². The number of anilines is 4. The fourth-order valence-corrected chi connectivity index (χ4v) is 10.2. The number of rotatable bonds is 10. The summed E-state index contributed by atoms with van der Waals surface area (Å²) in [4.78, 5) is 101. The monoisotopic (exact) mass is 1280 g/mol. The minimum Gasteiger partial charge on any atom is -0.453 e. The van der Waals surface area contributed by atoms with Crippen molar-refractivity contribution >= 4 is 117 Å². The van der Waals surface area contributed by atoms with Crippen LogP contribution in [0, 0.1) is 46.9 Å². The highest BCUT2D eigenvalue weighted by atomic mass is 35.5. The van der Waals surface area contributed by atoms with Crippen LogP contribution in [-0.2, 0) is 38.1 Å². The number of hydrogen-bond acceptors (Lipinski definition) is 12. The summed E-state index contributed by atoms with van der Waals surface area (Å²) in [6, 6.07) is 17.3. The summed E-state index contributed by atoms with van der Waals surface area (Å²) >= 11 is 23.0. The maximum atomic E-state index is 13.8. The van der Waals surface area contributed by atoms with Gasteiger partial charge < -0.3 is 59.8 Å². The standard InChI is InChI=1S/2C15H18ClFN2O3.2C14H16ClFN2O3/c1-2-22-15(21)19-8-4-5-10(9-19)14(20)18-12-7-3-6-11(17)13(12)16;1-2-22-15(21)19-8-4-5-10(9-19)14(20)18-12-7-3-6-11(16)13(12)17;1-21-14(20)18-7-3-4-9(8-18)13(19)17-11-6-2-5-10(16)12(11)15;1-21-14(20)18-7-3-4-9(8-18)13(19)17-11-6-2-5-10(15)12(11)16/h2*3,6-7,10H,2,4-5,8-9H2,1H3,(H,18,20);2*2,5-6,9H,3-4,7-8H2,1H3,(H,17,19). The number of nitrogens with one attached hydrogen (secondary N) is 4. The van der Waals surface area contributed by atoms with E-state index in [-0.39, 0.29) is 104 Å². The van der Waals surface area contributed by atoms with E-state index in [2.05, 4.69) is 30.7 Å². The third-order valence-electron chi connectivity index (χ3n) is 13.9. The number of amides is 8. The molecule has 4 aliphatic rings. The lowest BCUT2D eigenvalue weighted by Crippen LogP contribution is -2.44. The third kappa shape index (κ3) is 20.4. The Morgan fingerprint density at radius 2 is 0.698 bits per heavy atom. The molecule has 8 amide bonds. The lowest BCUT2D eigenvalue weighted by atomic mass is 9.97. The fourth-order valence-electron chi connectivity index (χ4n) is 9.46. The van der Waals surface area contributed by atoms with Crippen molar-refractivity contribution in [2.24, 2.45) is 23.7 Å². The smallest absolute Gasteiger partial charge is 0.409 e. The first-order chi connectivity index (χ1) is 41.1. The number of methoxy groups -OCH3 is 2. The fraction of sp³-hybridized carbons (Fsp3) is 0.448. The quantitative estimate of drug-likeness (QED) is 0.0857. The van der Waals surface area contributed by atoms with Gasteiger partial charge in [-0.1, -0.05) is 70.7 Å². The van der Waals surface area contributed by atoms with E-state index < -0.39 is 59.5 Å². The number of hydrogen-bond donors (Lipinski definition) is 4. The summed E-state index contributed by atoms with van der Waals surface area (Å²) in [6.45, 7) is 7.42. The van der Waals surface area contributed by atoms with Crippen LogP contribution in [0.1, 0.15) is 65.2 Å². The Labute approximate surface area is 515 Å². The molecule has 0 radical (unpaired) electrons. The molecule has 4 aromatic carbocycles. The summed E-state index contributed by atoms with van der Waals surface area (Å²) in [6.07, 6.45) is 3.69. The SMILES string of the molecule is CCOC(=O)N1CCCC(C(=O)Nc2cccc(Cl)c2F)C1.CCOC(=O)N1CCCC(C(=O)Nc2cccc(F)c2Cl)C1.COC(=O)N1CCCC(C(=O)Nc2cccc(Cl)c2F)C1.COC(=O)N1CCCC(C(=O)Nc2cccc(F)c2Cl)C1. The molecule has 4 aliphatic heterocycles. The van der Waals surface area contributed by atoms with Crippen molar-refractivity contribution in [2.75, 3.05) is 101 Å². The van der Waals surface area contributed by atoms with Crippen LogP contribution in [0.4, 0.5) is 59.5 Å². The Morgan fingerprint density at radius 1 is 0.430 bits per heavy atom. The Balaban J connectivity index is 0.000000209. The van der Waals surface area contributed by atoms with E-state index >= 15 is 0 Å². The minimum atomic E-state index is -0.659. The zero-order valence-electron chi connectivity index (χ0n) is 47.7. The van der Waals surface area contributed by atoms with Gasteiger partial charge in [-0.25, -0.2) is 36.7 Å². The van der Waals surface area contributed by atoms with Crippen LogP contribution in [0.15, 0.2) is 72.8 Å². The highest BCUT2D eigenvalue weighted by Gasteiger charge is 2.33. The average molecular weight is 1290 g/mol. The molecule has 86 heavy (non-hydrogen) atoms. The van der Waals surface area contributed by atoms with Gasteiger partial charge in [-0.15, -0.1) is 0 Å². The normalized spacial score (nSPS) is 18.1. The second-order valence-electron chi connectivity index (χ2n) is 19.8. The molecule has 468 valence electrons.